The molecule has 1 aliphatic rings. The third kappa shape index (κ3) is 4.64. The molecule has 3 aromatic carbocycles. The summed E-state index contributed by atoms with van der Waals surface area (Å²) in [4.78, 5) is 39.3. The zero-order valence-corrected chi connectivity index (χ0v) is 18.4. The van der Waals surface area contributed by atoms with E-state index >= 15 is 0 Å². The van der Waals surface area contributed by atoms with E-state index in [-0.39, 0.29) is 23.6 Å². The molecular weight excluding hydrogens is 402 g/mol. The minimum absolute atomic E-state index is 0.0326. The quantitative estimate of drug-likeness (QED) is 0.636. The molecule has 0 saturated carbocycles. The van der Waals surface area contributed by atoms with E-state index in [1.807, 2.05) is 55.5 Å². The third-order valence-electron chi connectivity index (χ3n) is 5.90. The second-order valence-electron chi connectivity index (χ2n) is 8.32. The van der Waals surface area contributed by atoms with Crippen molar-refractivity contribution in [1.29, 1.82) is 0 Å². The first-order valence-corrected chi connectivity index (χ1v) is 10.9. The van der Waals surface area contributed by atoms with Gasteiger partial charge in [0, 0.05) is 37.0 Å². The number of benzene rings is 3. The summed E-state index contributed by atoms with van der Waals surface area (Å²) in [7, 11) is 0. The predicted molar refractivity (Wildman–Crippen MR) is 127 cm³/mol. The Kier molecular flexibility index (Phi) is 6.21. The van der Waals surface area contributed by atoms with Crippen molar-refractivity contribution >= 4 is 39.9 Å². The zero-order chi connectivity index (χ0) is 22.7. The SMILES string of the molecule is CC(=O)Nc1ccc(NC(=O)C2CCCN(C(=O)c3cccc4ccccc34)C2)cc1C. The molecule has 0 radical (unpaired) electrons. The van der Waals surface area contributed by atoms with Gasteiger partial charge in [0.2, 0.25) is 11.8 Å². The Bertz CT molecular complexity index is 1180. The van der Waals surface area contributed by atoms with E-state index in [0.29, 0.717) is 24.3 Å². The third-order valence-corrected chi connectivity index (χ3v) is 5.90. The van der Waals surface area contributed by atoms with Crippen molar-refractivity contribution in [3.05, 3.63) is 71.8 Å². The summed E-state index contributed by atoms with van der Waals surface area (Å²) in [6, 6.07) is 19.0. The number of fused-ring (bicyclic) bond motifs is 1. The van der Waals surface area contributed by atoms with Crippen molar-refractivity contribution in [3.63, 3.8) is 0 Å². The Labute approximate surface area is 187 Å². The van der Waals surface area contributed by atoms with Crippen molar-refractivity contribution < 1.29 is 14.4 Å². The number of likely N-dealkylation sites (tertiary alicyclic amines) is 1. The highest BCUT2D eigenvalue weighted by atomic mass is 16.2. The number of rotatable bonds is 4. The van der Waals surface area contributed by atoms with Crippen molar-refractivity contribution in [3.8, 4) is 0 Å². The van der Waals surface area contributed by atoms with Crippen LogP contribution in [0.4, 0.5) is 11.4 Å². The number of nitrogens with zero attached hydrogens (tertiary/aromatic N) is 1. The molecule has 0 bridgehead atoms. The van der Waals surface area contributed by atoms with Gasteiger partial charge in [0.15, 0.2) is 0 Å². The molecule has 1 heterocycles. The first kappa shape index (κ1) is 21.6. The van der Waals surface area contributed by atoms with Crippen LogP contribution in [0.2, 0.25) is 0 Å². The molecule has 1 atom stereocenters. The van der Waals surface area contributed by atoms with E-state index in [4.69, 9.17) is 0 Å². The van der Waals surface area contributed by atoms with Crippen LogP contribution in [0, 0.1) is 12.8 Å². The molecule has 32 heavy (non-hydrogen) atoms. The molecule has 4 rings (SSSR count). The highest BCUT2D eigenvalue weighted by Gasteiger charge is 2.29. The van der Waals surface area contributed by atoms with Gasteiger partial charge in [-0.2, -0.15) is 0 Å². The number of carbonyl (C=O) groups excluding carboxylic acids is 3. The minimum atomic E-state index is -0.266. The highest BCUT2D eigenvalue weighted by molar-refractivity contribution is 6.07. The van der Waals surface area contributed by atoms with Crippen molar-refractivity contribution in [2.45, 2.75) is 26.7 Å². The zero-order valence-electron chi connectivity index (χ0n) is 18.4. The van der Waals surface area contributed by atoms with Gasteiger partial charge >= 0.3 is 0 Å². The predicted octanol–water partition coefficient (Wildman–Crippen LogP) is 4.60. The van der Waals surface area contributed by atoms with Gasteiger partial charge in [0.1, 0.15) is 0 Å². The summed E-state index contributed by atoms with van der Waals surface area (Å²) >= 11 is 0. The Morgan fingerprint density at radius 1 is 0.969 bits per heavy atom. The second kappa shape index (κ2) is 9.22. The maximum atomic E-state index is 13.3. The van der Waals surface area contributed by atoms with Gasteiger partial charge in [-0.15, -0.1) is 0 Å². The second-order valence-corrected chi connectivity index (χ2v) is 8.32. The maximum absolute atomic E-state index is 13.3. The fourth-order valence-electron chi connectivity index (χ4n) is 4.27. The Morgan fingerprint density at radius 3 is 2.53 bits per heavy atom. The molecule has 0 aliphatic carbocycles. The topological polar surface area (TPSA) is 78.5 Å². The summed E-state index contributed by atoms with van der Waals surface area (Å²) in [5.41, 5.74) is 2.95. The lowest BCUT2D eigenvalue weighted by molar-refractivity contribution is -0.121. The fourth-order valence-corrected chi connectivity index (χ4v) is 4.27. The number of aryl methyl sites for hydroxylation is 1. The number of anilines is 2. The monoisotopic (exact) mass is 429 g/mol. The van der Waals surface area contributed by atoms with Crippen molar-refractivity contribution in [2.75, 3.05) is 23.7 Å². The van der Waals surface area contributed by atoms with Crippen molar-refractivity contribution in [2.24, 2.45) is 5.92 Å². The largest absolute Gasteiger partial charge is 0.338 e. The van der Waals surface area contributed by atoms with Gasteiger partial charge in [-0.1, -0.05) is 36.4 Å². The van der Waals surface area contributed by atoms with Gasteiger partial charge in [0.05, 0.1) is 5.92 Å². The Morgan fingerprint density at radius 2 is 1.75 bits per heavy atom. The average molecular weight is 430 g/mol. The number of hydrogen-bond donors (Lipinski definition) is 2. The fraction of sp³-hybridized carbons (Fsp3) is 0.269. The molecule has 1 saturated heterocycles. The van der Waals surface area contributed by atoms with Crippen LogP contribution in [0.25, 0.3) is 10.8 Å². The van der Waals surface area contributed by atoms with E-state index in [2.05, 4.69) is 10.6 Å². The van der Waals surface area contributed by atoms with Crippen LogP contribution in [0.5, 0.6) is 0 Å². The number of nitrogens with one attached hydrogen (secondary N) is 2. The van der Waals surface area contributed by atoms with E-state index in [9.17, 15) is 14.4 Å². The van der Waals surface area contributed by atoms with E-state index in [1.54, 1.807) is 17.0 Å². The van der Waals surface area contributed by atoms with Crippen LogP contribution < -0.4 is 10.6 Å². The smallest absolute Gasteiger partial charge is 0.254 e. The van der Waals surface area contributed by atoms with E-state index < -0.39 is 0 Å². The number of hydrogen-bond acceptors (Lipinski definition) is 3. The molecule has 1 aliphatic heterocycles. The molecule has 1 unspecified atom stereocenters. The first-order chi connectivity index (χ1) is 15.4. The van der Waals surface area contributed by atoms with Crippen LogP contribution in [-0.2, 0) is 9.59 Å². The van der Waals surface area contributed by atoms with E-state index in [1.165, 1.54) is 6.92 Å². The standard InChI is InChI=1S/C26H27N3O3/c1-17-15-21(12-13-24(17)27-18(2)30)28-25(31)20-9-6-14-29(16-20)26(32)23-11-5-8-19-7-3-4-10-22(19)23/h3-5,7-8,10-13,15,20H,6,9,14,16H2,1-2H3,(H,27,30)(H,28,31). The van der Waals surface area contributed by atoms with Gasteiger partial charge in [-0.3, -0.25) is 14.4 Å². The first-order valence-electron chi connectivity index (χ1n) is 10.9. The lowest BCUT2D eigenvalue weighted by Crippen LogP contribution is -2.43. The molecule has 0 spiro atoms. The number of amides is 3. The van der Waals surface area contributed by atoms with E-state index in [0.717, 1.165) is 34.9 Å². The molecule has 2 N–H and O–H groups in total. The molecule has 1 fully saturated rings. The van der Waals surface area contributed by atoms with Gasteiger partial charge in [-0.05, 0) is 60.4 Å². The summed E-state index contributed by atoms with van der Waals surface area (Å²) in [5, 5.41) is 7.70. The molecule has 6 nitrogen and oxygen atoms in total. The lowest BCUT2D eigenvalue weighted by atomic mass is 9.95. The number of piperidine rings is 1. The van der Waals surface area contributed by atoms with Gasteiger partial charge < -0.3 is 15.5 Å². The molecule has 6 heteroatoms. The Balaban J connectivity index is 1.45. The lowest BCUT2D eigenvalue weighted by Gasteiger charge is -2.32. The van der Waals surface area contributed by atoms with Gasteiger partial charge in [-0.25, -0.2) is 0 Å². The molecule has 3 aromatic rings. The van der Waals surface area contributed by atoms with Crippen LogP contribution in [0.1, 0.15) is 35.7 Å². The molecular formula is C26H27N3O3. The molecule has 164 valence electrons. The summed E-state index contributed by atoms with van der Waals surface area (Å²) in [6.45, 7) is 4.39. The number of carbonyl (C=O) groups is 3. The minimum Gasteiger partial charge on any atom is -0.338 e. The average Bonchev–Trinajstić information content (AvgIpc) is 2.80. The normalized spacial score (nSPS) is 15.9. The van der Waals surface area contributed by atoms with Crippen molar-refractivity contribution in [1.82, 2.24) is 4.90 Å². The highest BCUT2D eigenvalue weighted by Crippen LogP contribution is 2.25. The van der Waals surface area contributed by atoms with Crippen LogP contribution in [-0.4, -0.2) is 35.7 Å². The van der Waals surface area contributed by atoms with Crippen LogP contribution >= 0.6 is 0 Å². The summed E-state index contributed by atoms with van der Waals surface area (Å²) in [6.07, 6.45) is 1.53. The van der Waals surface area contributed by atoms with Gasteiger partial charge in [0.25, 0.3) is 5.91 Å². The summed E-state index contributed by atoms with van der Waals surface area (Å²) < 4.78 is 0. The maximum Gasteiger partial charge on any atom is 0.254 e. The molecule has 3 amide bonds. The summed E-state index contributed by atoms with van der Waals surface area (Å²) in [5.74, 6) is -0.525. The Hall–Kier alpha value is -3.67. The molecule has 0 aromatic heterocycles. The van der Waals surface area contributed by atoms with Crippen LogP contribution in [0.3, 0.4) is 0 Å². The van der Waals surface area contributed by atoms with Crippen LogP contribution in [0.15, 0.2) is 60.7 Å².